The highest BCUT2D eigenvalue weighted by Crippen LogP contribution is 2.38. The fourth-order valence-electron chi connectivity index (χ4n) is 4.36. The first-order valence-corrected chi connectivity index (χ1v) is 10.4. The number of quaternary nitrogens is 1. The Morgan fingerprint density at radius 3 is 2.72 bits per heavy atom. The molecule has 1 fully saturated rings. The molecule has 152 valence electrons. The van der Waals surface area contributed by atoms with Gasteiger partial charge in [0.25, 0.3) is 0 Å². The van der Waals surface area contributed by atoms with Crippen LogP contribution in [0.1, 0.15) is 49.0 Å². The fraction of sp³-hybridized carbons (Fsp3) is 0.375. The van der Waals surface area contributed by atoms with E-state index in [9.17, 15) is 9.90 Å². The smallest absolute Gasteiger partial charge is 0.342 e. The van der Waals surface area contributed by atoms with Crippen LogP contribution in [-0.2, 0) is 11.3 Å². The number of hydrogen-bond acceptors (Lipinski definition) is 4. The number of carbonyl (C=O) groups excluding carboxylic acids is 1. The number of phenols is 1. The van der Waals surface area contributed by atoms with E-state index in [1.807, 2.05) is 30.3 Å². The van der Waals surface area contributed by atoms with Crippen LogP contribution in [0.4, 0.5) is 0 Å². The number of furan rings is 1. The molecule has 0 radical (unpaired) electrons. The van der Waals surface area contributed by atoms with E-state index in [1.54, 1.807) is 19.1 Å². The highest BCUT2D eigenvalue weighted by Gasteiger charge is 2.30. The maximum atomic E-state index is 13.0. The van der Waals surface area contributed by atoms with E-state index in [2.05, 4.69) is 6.92 Å². The van der Waals surface area contributed by atoms with Crippen molar-refractivity contribution < 1.29 is 24.0 Å². The first-order valence-electron chi connectivity index (χ1n) is 10.4. The molecule has 1 saturated heterocycles. The highest BCUT2D eigenvalue weighted by atomic mass is 16.5. The van der Waals surface area contributed by atoms with Crippen molar-refractivity contribution in [2.24, 2.45) is 0 Å². The minimum Gasteiger partial charge on any atom is -0.507 e. The molecule has 5 heteroatoms. The summed E-state index contributed by atoms with van der Waals surface area (Å²) in [6.45, 7) is 6.05. The minimum atomic E-state index is -0.418. The van der Waals surface area contributed by atoms with Gasteiger partial charge in [-0.15, -0.1) is 0 Å². The molecule has 2 atom stereocenters. The van der Waals surface area contributed by atoms with Crippen LogP contribution in [0.25, 0.3) is 22.3 Å². The van der Waals surface area contributed by atoms with Crippen molar-refractivity contribution in [3.8, 4) is 17.1 Å². The number of rotatable bonds is 5. The number of ether oxygens (including phenoxy) is 1. The summed E-state index contributed by atoms with van der Waals surface area (Å²) in [4.78, 5) is 14.4. The molecule has 1 unspecified atom stereocenters. The molecule has 0 amide bonds. The molecule has 0 bridgehead atoms. The zero-order valence-electron chi connectivity index (χ0n) is 17.0. The van der Waals surface area contributed by atoms with Gasteiger partial charge < -0.3 is 19.2 Å². The Hall–Kier alpha value is -2.79. The number of hydrogen-bond donors (Lipinski definition) is 2. The maximum Gasteiger partial charge on any atom is 0.342 e. The van der Waals surface area contributed by atoms with Crippen molar-refractivity contribution in [2.75, 3.05) is 13.2 Å². The Bertz CT molecular complexity index is 1010. The van der Waals surface area contributed by atoms with Crippen molar-refractivity contribution in [1.82, 2.24) is 0 Å². The standard InChI is InChI=1S/C24H27NO4/c1-3-28-24(27)22-21-18(15-25-14-8-7-9-16(25)2)19(26)12-13-20(21)29-23(22)17-10-5-4-6-11-17/h4-6,10-13,16,26H,3,7-9,14-15H2,1-2H3/p+1/t16-/m1/s1. The van der Waals surface area contributed by atoms with E-state index >= 15 is 0 Å². The van der Waals surface area contributed by atoms with Gasteiger partial charge in [0.2, 0.25) is 0 Å². The lowest BCUT2D eigenvalue weighted by Gasteiger charge is -2.30. The number of fused-ring (bicyclic) bond motifs is 1. The molecule has 2 aromatic carbocycles. The summed E-state index contributed by atoms with van der Waals surface area (Å²) in [5, 5.41) is 11.4. The lowest BCUT2D eigenvalue weighted by molar-refractivity contribution is -0.941. The van der Waals surface area contributed by atoms with Crippen LogP contribution in [-0.4, -0.2) is 30.3 Å². The molecule has 2 heterocycles. The second-order valence-corrected chi connectivity index (χ2v) is 7.81. The number of nitrogens with one attached hydrogen (secondary N) is 1. The zero-order valence-corrected chi connectivity index (χ0v) is 17.0. The van der Waals surface area contributed by atoms with E-state index in [0.29, 0.717) is 34.9 Å². The minimum absolute atomic E-state index is 0.203. The van der Waals surface area contributed by atoms with Gasteiger partial charge in [0.15, 0.2) is 0 Å². The van der Waals surface area contributed by atoms with Gasteiger partial charge in [0.05, 0.1) is 24.8 Å². The molecule has 1 aliphatic heterocycles. The van der Waals surface area contributed by atoms with Gasteiger partial charge >= 0.3 is 5.97 Å². The second kappa shape index (κ2) is 8.29. The highest BCUT2D eigenvalue weighted by molar-refractivity contribution is 6.10. The first kappa shape index (κ1) is 19.5. The Balaban J connectivity index is 1.90. The van der Waals surface area contributed by atoms with E-state index < -0.39 is 5.97 Å². The Morgan fingerprint density at radius 1 is 1.21 bits per heavy atom. The van der Waals surface area contributed by atoms with Crippen LogP contribution in [0.3, 0.4) is 0 Å². The predicted octanol–water partition coefficient (Wildman–Crippen LogP) is 3.94. The number of esters is 1. The largest absolute Gasteiger partial charge is 0.507 e. The topological polar surface area (TPSA) is 64.1 Å². The Morgan fingerprint density at radius 2 is 2.00 bits per heavy atom. The average Bonchev–Trinajstić information content (AvgIpc) is 3.12. The molecule has 3 aromatic rings. The van der Waals surface area contributed by atoms with Gasteiger partial charge in [-0.3, -0.25) is 0 Å². The third-order valence-corrected chi connectivity index (χ3v) is 5.94. The van der Waals surface area contributed by atoms with Crippen LogP contribution in [0.5, 0.6) is 5.75 Å². The molecule has 1 aromatic heterocycles. The van der Waals surface area contributed by atoms with Crippen LogP contribution >= 0.6 is 0 Å². The monoisotopic (exact) mass is 394 g/mol. The number of piperidine rings is 1. The van der Waals surface area contributed by atoms with Crippen molar-refractivity contribution in [3.05, 3.63) is 53.6 Å². The summed E-state index contributed by atoms with van der Waals surface area (Å²) in [5.41, 5.74) is 2.59. The third kappa shape index (κ3) is 3.75. The second-order valence-electron chi connectivity index (χ2n) is 7.81. The average molecular weight is 394 g/mol. The van der Waals surface area contributed by atoms with Gasteiger partial charge in [-0.25, -0.2) is 4.79 Å². The normalized spacial score (nSPS) is 19.4. The molecule has 5 nitrogen and oxygen atoms in total. The molecule has 29 heavy (non-hydrogen) atoms. The quantitative estimate of drug-likeness (QED) is 0.644. The number of phenolic OH excluding ortho intramolecular Hbond substituents is 1. The van der Waals surface area contributed by atoms with E-state index in [4.69, 9.17) is 9.15 Å². The van der Waals surface area contributed by atoms with Crippen LogP contribution in [0, 0.1) is 0 Å². The van der Waals surface area contributed by atoms with Crippen LogP contribution in [0.15, 0.2) is 46.9 Å². The van der Waals surface area contributed by atoms with E-state index in [1.165, 1.54) is 24.2 Å². The van der Waals surface area contributed by atoms with Crippen molar-refractivity contribution in [2.45, 2.75) is 45.7 Å². The first-order chi connectivity index (χ1) is 14.1. The number of benzene rings is 2. The molecule has 2 N–H and O–H groups in total. The van der Waals surface area contributed by atoms with Gasteiger partial charge in [-0.05, 0) is 45.2 Å². The number of carbonyl (C=O) groups is 1. The third-order valence-electron chi connectivity index (χ3n) is 5.94. The number of likely N-dealkylation sites (tertiary alicyclic amines) is 1. The van der Waals surface area contributed by atoms with Crippen molar-refractivity contribution in [3.63, 3.8) is 0 Å². The van der Waals surface area contributed by atoms with Gasteiger partial charge in [0, 0.05) is 10.9 Å². The lowest BCUT2D eigenvalue weighted by atomic mass is 9.98. The van der Waals surface area contributed by atoms with Crippen molar-refractivity contribution >= 4 is 16.9 Å². The zero-order chi connectivity index (χ0) is 20.4. The SMILES string of the molecule is CCOC(=O)c1c(-c2ccccc2)oc2ccc(O)c(C[NH+]3CCCC[C@H]3C)c12. The molecule has 4 rings (SSSR count). The number of aromatic hydroxyl groups is 1. The van der Waals surface area contributed by atoms with E-state index in [0.717, 1.165) is 17.7 Å². The Labute approximate surface area is 170 Å². The summed E-state index contributed by atoms with van der Waals surface area (Å²) in [5.74, 6) is 0.278. The molecule has 1 aliphatic rings. The molecule has 0 saturated carbocycles. The van der Waals surface area contributed by atoms with Crippen LogP contribution in [0.2, 0.25) is 0 Å². The van der Waals surface area contributed by atoms with E-state index in [-0.39, 0.29) is 12.4 Å². The van der Waals surface area contributed by atoms with Gasteiger partial charge in [-0.1, -0.05) is 30.3 Å². The maximum absolute atomic E-state index is 13.0. The fourth-order valence-corrected chi connectivity index (χ4v) is 4.36. The lowest BCUT2D eigenvalue weighted by Crippen LogP contribution is -3.14. The predicted molar refractivity (Wildman–Crippen MR) is 112 cm³/mol. The summed E-state index contributed by atoms with van der Waals surface area (Å²) >= 11 is 0. The van der Waals surface area contributed by atoms with Crippen LogP contribution < -0.4 is 4.90 Å². The van der Waals surface area contributed by atoms with Gasteiger partial charge in [-0.2, -0.15) is 0 Å². The summed E-state index contributed by atoms with van der Waals surface area (Å²) in [6, 6.07) is 13.5. The molecule has 0 spiro atoms. The molecular formula is C24H28NO4+. The van der Waals surface area contributed by atoms with Crippen molar-refractivity contribution in [1.29, 1.82) is 0 Å². The summed E-state index contributed by atoms with van der Waals surface area (Å²) in [7, 11) is 0. The summed E-state index contributed by atoms with van der Waals surface area (Å²) in [6.07, 6.45) is 3.61. The molecule has 0 aliphatic carbocycles. The molecular weight excluding hydrogens is 366 g/mol. The Kier molecular flexibility index (Phi) is 5.58. The van der Waals surface area contributed by atoms with Gasteiger partial charge in [0.1, 0.15) is 29.2 Å². The summed E-state index contributed by atoms with van der Waals surface area (Å²) < 4.78 is 11.5.